The second-order valence-electron chi connectivity index (χ2n) is 8.84. The summed E-state index contributed by atoms with van der Waals surface area (Å²) in [6.07, 6.45) is 19.2. The lowest BCUT2D eigenvalue weighted by atomic mass is 9.70. The van der Waals surface area contributed by atoms with Crippen LogP contribution in [0.4, 0.5) is 8.78 Å². The Morgan fingerprint density at radius 2 is 1.61 bits per heavy atom. The average molecular weight is 391 g/mol. The summed E-state index contributed by atoms with van der Waals surface area (Å²) in [5.74, 6) is 0.973. The Balaban J connectivity index is 1.34. The van der Waals surface area contributed by atoms with Gasteiger partial charge in [0.1, 0.15) is 0 Å². The molecular weight excluding hydrogens is 354 g/mol. The summed E-state index contributed by atoms with van der Waals surface area (Å²) < 4.78 is 32.3. The first kappa shape index (κ1) is 21.5. The molecule has 0 radical (unpaired) electrons. The Hall–Kier alpha value is -1.22. The van der Waals surface area contributed by atoms with E-state index in [1.807, 2.05) is 0 Å². The van der Waals surface area contributed by atoms with Crippen LogP contribution in [-0.2, 0) is 11.3 Å². The van der Waals surface area contributed by atoms with Crippen molar-refractivity contribution in [3.05, 3.63) is 47.5 Å². The van der Waals surface area contributed by atoms with Gasteiger partial charge in [-0.25, -0.2) is 8.78 Å². The van der Waals surface area contributed by atoms with Gasteiger partial charge in [0.05, 0.1) is 12.7 Å². The molecule has 0 N–H and O–H groups in total. The summed E-state index contributed by atoms with van der Waals surface area (Å²) in [6, 6.07) is 4.04. The van der Waals surface area contributed by atoms with E-state index in [9.17, 15) is 8.78 Å². The van der Waals surface area contributed by atoms with Gasteiger partial charge in [-0.2, -0.15) is 0 Å². The van der Waals surface area contributed by atoms with Gasteiger partial charge in [-0.05, 0) is 93.2 Å². The minimum Gasteiger partial charge on any atom is -0.374 e. The molecule has 2 fully saturated rings. The first-order chi connectivity index (χ1) is 13.7. The lowest BCUT2D eigenvalue weighted by Crippen LogP contribution is -2.28. The minimum atomic E-state index is -0.796. The van der Waals surface area contributed by atoms with E-state index in [0.717, 1.165) is 30.6 Å². The lowest BCUT2D eigenvalue weighted by Gasteiger charge is -2.37. The molecule has 2 aliphatic carbocycles. The number of unbranched alkanes of at least 4 members (excludes halogenated alkanes) is 2. The normalized spacial score (nSPS) is 28.7. The number of hydrogen-bond acceptors (Lipinski definition) is 1. The van der Waals surface area contributed by atoms with Crippen LogP contribution in [0.5, 0.6) is 0 Å². The zero-order chi connectivity index (χ0) is 19.8. The number of allylic oxidation sites excluding steroid dienone is 2. The van der Waals surface area contributed by atoms with E-state index >= 15 is 0 Å². The van der Waals surface area contributed by atoms with E-state index < -0.39 is 11.6 Å². The van der Waals surface area contributed by atoms with Crippen molar-refractivity contribution in [2.45, 2.75) is 90.3 Å². The maximum atomic E-state index is 13.3. The van der Waals surface area contributed by atoms with E-state index in [4.69, 9.17) is 4.74 Å². The summed E-state index contributed by atoms with van der Waals surface area (Å²) in [5, 5.41) is 0. The third-order valence-corrected chi connectivity index (χ3v) is 6.80. The van der Waals surface area contributed by atoms with Crippen LogP contribution in [-0.4, -0.2) is 6.10 Å². The summed E-state index contributed by atoms with van der Waals surface area (Å²) in [6.45, 7) is 2.63. The second kappa shape index (κ2) is 11.1. The number of benzene rings is 1. The van der Waals surface area contributed by atoms with Gasteiger partial charge in [0, 0.05) is 0 Å². The SMILES string of the molecule is CCCC/C=C/[C@H]1CC[C@H](C2CCC(OCc3ccc(F)c(F)c3)CC2)CC1. The van der Waals surface area contributed by atoms with Gasteiger partial charge in [0.25, 0.3) is 0 Å². The van der Waals surface area contributed by atoms with Crippen molar-refractivity contribution in [3.8, 4) is 0 Å². The third-order valence-electron chi connectivity index (χ3n) is 6.80. The zero-order valence-corrected chi connectivity index (χ0v) is 17.3. The van der Waals surface area contributed by atoms with Crippen LogP contribution in [0.3, 0.4) is 0 Å². The fourth-order valence-electron chi connectivity index (χ4n) is 4.99. The standard InChI is InChI=1S/C25H36F2O/c1-2-3-4-5-6-19-7-10-21(11-8-19)22-12-14-23(15-13-22)28-18-20-9-16-24(26)25(27)17-20/h5-6,9,16-17,19,21-23H,2-4,7-8,10-15,18H2,1H3/b6-5+/t19-,21-,22?,23?. The molecule has 0 amide bonds. The Labute approximate surface area is 169 Å². The van der Waals surface area contributed by atoms with Gasteiger partial charge in [0.15, 0.2) is 11.6 Å². The van der Waals surface area contributed by atoms with E-state index in [0.29, 0.717) is 12.2 Å². The molecule has 0 atom stereocenters. The molecule has 0 aliphatic heterocycles. The fraction of sp³-hybridized carbons (Fsp3) is 0.680. The predicted molar refractivity (Wildman–Crippen MR) is 111 cm³/mol. The second-order valence-corrected chi connectivity index (χ2v) is 8.84. The van der Waals surface area contributed by atoms with Crippen LogP contribution in [0.1, 0.15) is 83.1 Å². The number of hydrogen-bond donors (Lipinski definition) is 0. The molecule has 0 spiro atoms. The molecule has 28 heavy (non-hydrogen) atoms. The van der Waals surface area contributed by atoms with Gasteiger partial charge in [-0.3, -0.25) is 0 Å². The van der Waals surface area contributed by atoms with Crippen molar-refractivity contribution >= 4 is 0 Å². The van der Waals surface area contributed by atoms with Gasteiger partial charge >= 0.3 is 0 Å². The van der Waals surface area contributed by atoms with Crippen molar-refractivity contribution in [1.82, 2.24) is 0 Å². The van der Waals surface area contributed by atoms with Crippen molar-refractivity contribution in [2.75, 3.05) is 0 Å². The molecule has 2 saturated carbocycles. The summed E-state index contributed by atoms with van der Waals surface area (Å²) in [7, 11) is 0. The molecule has 1 aromatic rings. The monoisotopic (exact) mass is 390 g/mol. The van der Waals surface area contributed by atoms with Crippen LogP contribution in [0, 0.1) is 29.4 Å². The molecule has 0 aromatic heterocycles. The van der Waals surface area contributed by atoms with E-state index in [1.165, 1.54) is 69.9 Å². The van der Waals surface area contributed by atoms with E-state index in [1.54, 1.807) is 6.07 Å². The van der Waals surface area contributed by atoms with Crippen molar-refractivity contribution in [2.24, 2.45) is 17.8 Å². The highest BCUT2D eigenvalue weighted by Gasteiger charge is 2.30. The Bertz CT molecular complexity index is 611. The maximum Gasteiger partial charge on any atom is 0.159 e. The number of halogens is 2. The van der Waals surface area contributed by atoms with E-state index in [-0.39, 0.29) is 6.10 Å². The molecular formula is C25H36F2O. The van der Waals surface area contributed by atoms with Crippen LogP contribution < -0.4 is 0 Å². The van der Waals surface area contributed by atoms with Crippen LogP contribution in [0.15, 0.2) is 30.4 Å². The predicted octanol–water partition coefficient (Wildman–Crippen LogP) is 7.59. The Morgan fingerprint density at radius 3 is 2.25 bits per heavy atom. The summed E-state index contributed by atoms with van der Waals surface area (Å²) in [4.78, 5) is 0. The quantitative estimate of drug-likeness (QED) is 0.328. The highest BCUT2D eigenvalue weighted by molar-refractivity contribution is 5.16. The molecule has 0 unspecified atom stereocenters. The molecule has 0 heterocycles. The largest absolute Gasteiger partial charge is 0.374 e. The topological polar surface area (TPSA) is 9.23 Å². The Morgan fingerprint density at radius 1 is 0.929 bits per heavy atom. The first-order valence-corrected chi connectivity index (χ1v) is 11.4. The minimum absolute atomic E-state index is 0.266. The molecule has 3 rings (SSSR count). The maximum absolute atomic E-state index is 13.3. The van der Waals surface area contributed by atoms with Gasteiger partial charge in [0.2, 0.25) is 0 Å². The number of rotatable bonds is 8. The van der Waals surface area contributed by atoms with Crippen LogP contribution >= 0.6 is 0 Å². The number of ether oxygens (including phenoxy) is 1. The lowest BCUT2D eigenvalue weighted by molar-refractivity contribution is -0.00238. The summed E-state index contributed by atoms with van der Waals surface area (Å²) >= 11 is 0. The molecule has 1 nitrogen and oxygen atoms in total. The first-order valence-electron chi connectivity index (χ1n) is 11.4. The van der Waals surface area contributed by atoms with Gasteiger partial charge in [-0.1, -0.05) is 38.0 Å². The summed E-state index contributed by atoms with van der Waals surface area (Å²) in [5.41, 5.74) is 0.714. The smallest absolute Gasteiger partial charge is 0.159 e. The van der Waals surface area contributed by atoms with Crippen molar-refractivity contribution < 1.29 is 13.5 Å². The van der Waals surface area contributed by atoms with Crippen molar-refractivity contribution in [1.29, 1.82) is 0 Å². The van der Waals surface area contributed by atoms with Gasteiger partial charge in [-0.15, -0.1) is 0 Å². The van der Waals surface area contributed by atoms with Gasteiger partial charge < -0.3 is 4.74 Å². The molecule has 0 bridgehead atoms. The average Bonchev–Trinajstić information content (AvgIpc) is 2.73. The molecule has 2 aliphatic rings. The zero-order valence-electron chi connectivity index (χ0n) is 17.3. The highest BCUT2D eigenvalue weighted by atomic mass is 19.2. The van der Waals surface area contributed by atoms with E-state index in [2.05, 4.69) is 19.1 Å². The van der Waals surface area contributed by atoms with Crippen LogP contribution in [0.2, 0.25) is 0 Å². The van der Waals surface area contributed by atoms with Crippen LogP contribution in [0.25, 0.3) is 0 Å². The fourth-order valence-corrected chi connectivity index (χ4v) is 4.99. The molecule has 156 valence electrons. The molecule has 3 heteroatoms. The highest BCUT2D eigenvalue weighted by Crippen LogP contribution is 2.41. The van der Waals surface area contributed by atoms with Crippen molar-refractivity contribution in [3.63, 3.8) is 0 Å². The third kappa shape index (κ3) is 6.40. The molecule has 0 saturated heterocycles. The Kier molecular flexibility index (Phi) is 8.51. The molecule has 1 aromatic carbocycles.